The molecule has 1 heterocycles. The number of rotatable bonds is 1. The van der Waals surface area contributed by atoms with E-state index >= 15 is 0 Å². The van der Waals surface area contributed by atoms with Gasteiger partial charge in [0, 0.05) is 10.8 Å². The summed E-state index contributed by atoms with van der Waals surface area (Å²) in [6.07, 6.45) is 0. The Morgan fingerprint density at radius 3 is 1.71 bits per heavy atom. The van der Waals surface area contributed by atoms with E-state index in [4.69, 9.17) is 0 Å². The fourth-order valence-corrected chi connectivity index (χ4v) is 4.70. The van der Waals surface area contributed by atoms with Crippen LogP contribution in [0.15, 0.2) is 91.0 Å². The van der Waals surface area contributed by atoms with Gasteiger partial charge in [-0.3, -0.25) is 0 Å². The zero-order chi connectivity index (χ0) is 20.9. The van der Waals surface area contributed by atoms with Crippen LogP contribution in [0.2, 0.25) is 0 Å². The normalized spacial score (nSPS) is 11.2. The van der Waals surface area contributed by atoms with Gasteiger partial charge in [0.05, 0.1) is 33.9 Å². The van der Waals surface area contributed by atoms with E-state index < -0.39 is 0 Å². The molecule has 142 valence electrons. The molecule has 31 heavy (non-hydrogen) atoms. The Balaban J connectivity index is 1.90. The molecule has 0 atom stereocenters. The largest absolute Gasteiger partial charge is 0.308 e. The molecular formula is C28H15N3. The quantitative estimate of drug-likeness (QED) is 0.307. The fourth-order valence-electron chi connectivity index (χ4n) is 4.70. The number of nitrogens with zero attached hydrogens (tertiary/aromatic N) is 3. The van der Waals surface area contributed by atoms with Crippen molar-refractivity contribution in [1.82, 2.24) is 4.57 Å². The van der Waals surface area contributed by atoms with Crippen LogP contribution >= 0.6 is 0 Å². The highest BCUT2D eigenvalue weighted by atomic mass is 15.0. The van der Waals surface area contributed by atoms with E-state index in [1.54, 1.807) is 12.1 Å². The smallest absolute Gasteiger partial charge is 0.101 e. The van der Waals surface area contributed by atoms with Crippen molar-refractivity contribution >= 4 is 43.4 Å². The van der Waals surface area contributed by atoms with Crippen molar-refractivity contribution in [2.75, 3.05) is 0 Å². The summed E-state index contributed by atoms with van der Waals surface area (Å²) in [4.78, 5) is 0. The van der Waals surface area contributed by atoms with Crippen molar-refractivity contribution in [3.8, 4) is 17.8 Å². The highest BCUT2D eigenvalue weighted by Gasteiger charge is 2.18. The minimum absolute atomic E-state index is 0.483. The van der Waals surface area contributed by atoms with Crippen LogP contribution in [0.1, 0.15) is 11.1 Å². The minimum Gasteiger partial charge on any atom is -0.308 e. The Morgan fingerprint density at radius 1 is 0.581 bits per heavy atom. The van der Waals surface area contributed by atoms with E-state index in [0.29, 0.717) is 11.1 Å². The van der Waals surface area contributed by atoms with Crippen LogP contribution in [0, 0.1) is 22.7 Å². The molecule has 0 aliphatic carbocycles. The van der Waals surface area contributed by atoms with Crippen molar-refractivity contribution in [1.29, 1.82) is 10.5 Å². The molecule has 3 heteroatoms. The van der Waals surface area contributed by atoms with Crippen LogP contribution in [0.3, 0.4) is 0 Å². The summed E-state index contributed by atoms with van der Waals surface area (Å²) < 4.78 is 2.16. The van der Waals surface area contributed by atoms with E-state index in [1.165, 1.54) is 32.3 Å². The third-order valence-corrected chi connectivity index (χ3v) is 6.03. The lowest BCUT2D eigenvalue weighted by atomic mass is 10.00. The number of hydrogen-bond acceptors (Lipinski definition) is 2. The Hall–Kier alpha value is -4.60. The summed E-state index contributed by atoms with van der Waals surface area (Å²) in [5.74, 6) is 0. The standard InChI is InChI=1S/C28H15N3/c29-16-18-9-12-24(21(15-18)17-30)31-25-13-10-19-5-1-3-7-22(19)27(25)28-23-8-4-2-6-20(23)11-14-26(28)31/h1-15H. The Morgan fingerprint density at radius 2 is 1.16 bits per heavy atom. The molecule has 0 aliphatic rings. The topological polar surface area (TPSA) is 52.5 Å². The highest BCUT2D eigenvalue weighted by molar-refractivity contribution is 6.28. The first kappa shape index (κ1) is 17.3. The van der Waals surface area contributed by atoms with E-state index in [0.717, 1.165) is 16.7 Å². The highest BCUT2D eigenvalue weighted by Crippen LogP contribution is 2.40. The van der Waals surface area contributed by atoms with Crippen LogP contribution in [-0.2, 0) is 0 Å². The van der Waals surface area contributed by atoms with Crippen LogP contribution < -0.4 is 0 Å². The average Bonchev–Trinajstić information content (AvgIpc) is 3.18. The predicted molar refractivity (Wildman–Crippen MR) is 125 cm³/mol. The molecule has 5 aromatic carbocycles. The molecule has 6 rings (SSSR count). The summed E-state index contributed by atoms with van der Waals surface area (Å²) >= 11 is 0. The monoisotopic (exact) mass is 393 g/mol. The molecule has 0 fully saturated rings. The van der Waals surface area contributed by atoms with E-state index in [1.807, 2.05) is 6.07 Å². The van der Waals surface area contributed by atoms with Gasteiger partial charge in [0.25, 0.3) is 0 Å². The second-order valence-electron chi connectivity index (χ2n) is 7.65. The van der Waals surface area contributed by atoms with E-state index in [2.05, 4.69) is 89.5 Å². The maximum absolute atomic E-state index is 9.85. The SMILES string of the molecule is N#Cc1ccc(-n2c3ccc4ccccc4c3c3c4ccccc4ccc32)c(C#N)c1. The second kappa shape index (κ2) is 6.46. The maximum Gasteiger partial charge on any atom is 0.101 e. The third kappa shape index (κ3) is 2.38. The van der Waals surface area contributed by atoms with Crippen LogP contribution in [-0.4, -0.2) is 4.57 Å². The van der Waals surface area contributed by atoms with E-state index in [9.17, 15) is 10.5 Å². The molecule has 3 nitrogen and oxygen atoms in total. The molecular weight excluding hydrogens is 378 g/mol. The number of benzene rings is 5. The fraction of sp³-hybridized carbons (Fsp3) is 0. The summed E-state index contributed by atoms with van der Waals surface area (Å²) in [6, 6.07) is 35.1. The van der Waals surface area contributed by atoms with Crippen LogP contribution in [0.5, 0.6) is 0 Å². The Kier molecular flexibility index (Phi) is 3.60. The van der Waals surface area contributed by atoms with Gasteiger partial charge < -0.3 is 4.57 Å². The van der Waals surface area contributed by atoms with Crippen molar-refractivity contribution in [3.05, 3.63) is 102 Å². The zero-order valence-electron chi connectivity index (χ0n) is 16.5. The summed E-state index contributed by atoms with van der Waals surface area (Å²) in [5, 5.41) is 26.2. The number of fused-ring (bicyclic) bond motifs is 7. The lowest BCUT2D eigenvalue weighted by molar-refractivity contribution is 1.17. The molecule has 0 aliphatic heterocycles. The van der Waals surface area contributed by atoms with Gasteiger partial charge in [0.15, 0.2) is 0 Å². The Bertz CT molecular complexity index is 1660. The molecule has 0 saturated carbocycles. The first-order valence-corrected chi connectivity index (χ1v) is 10.1. The first-order chi connectivity index (χ1) is 15.3. The molecule has 0 bridgehead atoms. The molecule has 6 aromatic rings. The summed E-state index contributed by atoms with van der Waals surface area (Å²) in [6.45, 7) is 0. The summed E-state index contributed by atoms with van der Waals surface area (Å²) in [5.41, 5.74) is 3.85. The van der Waals surface area contributed by atoms with Crippen molar-refractivity contribution < 1.29 is 0 Å². The van der Waals surface area contributed by atoms with Crippen molar-refractivity contribution in [2.45, 2.75) is 0 Å². The number of nitriles is 2. The lowest BCUT2D eigenvalue weighted by Crippen LogP contribution is -1.98. The average molecular weight is 393 g/mol. The van der Waals surface area contributed by atoms with Gasteiger partial charge in [-0.15, -0.1) is 0 Å². The van der Waals surface area contributed by atoms with Gasteiger partial charge in [-0.2, -0.15) is 10.5 Å². The number of aromatic nitrogens is 1. The van der Waals surface area contributed by atoms with Crippen LogP contribution in [0.4, 0.5) is 0 Å². The van der Waals surface area contributed by atoms with Gasteiger partial charge in [0.1, 0.15) is 6.07 Å². The van der Waals surface area contributed by atoms with Gasteiger partial charge >= 0.3 is 0 Å². The molecule has 0 spiro atoms. The second-order valence-corrected chi connectivity index (χ2v) is 7.65. The molecule has 0 unspecified atom stereocenters. The van der Waals surface area contributed by atoms with E-state index in [-0.39, 0.29) is 0 Å². The first-order valence-electron chi connectivity index (χ1n) is 10.1. The van der Waals surface area contributed by atoms with Crippen molar-refractivity contribution in [3.63, 3.8) is 0 Å². The molecule has 0 radical (unpaired) electrons. The predicted octanol–water partition coefficient (Wildman–Crippen LogP) is 6.83. The maximum atomic E-state index is 9.85. The third-order valence-electron chi connectivity index (χ3n) is 6.03. The molecule has 0 saturated heterocycles. The van der Waals surface area contributed by atoms with Gasteiger partial charge in [-0.25, -0.2) is 0 Å². The number of hydrogen-bond donors (Lipinski definition) is 0. The van der Waals surface area contributed by atoms with Gasteiger partial charge in [0.2, 0.25) is 0 Å². The molecule has 0 N–H and O–H groups in total. The van der Waals surface area contributed by atoms with Gasteiger partial charge in [-0.1, -0.05) is 60.7 Å². The zero-order valence-corrected chi connectivity index (χ0v) is 16.5. The molecule has 1 aromatic heterocycles. The van der Waals surface area contributed by atoms with Gasteiger partial charge in [-0.05, 0) is 51.9 Å². The molecule has 0 amide bonds. The minimum atomic E-state index is 0.483. The van der Waals surface area contributed by atoms with Crippen LogP contribution in [0.25, 0.3) is 49.0 Å². The van der Waals surface area contributed by atoms with Crippen molar-refractivity contribution in [2.24, 2.45) is 0 Å². The lowest BCUT2D eigenvalue weighted by Gasteiger charge is -2.10. The summed E-state index contributed by atoms with van der Waals surface area (Å²) in [7, 11) is 0. The Labute approximate surface area is 178 Å².